The molecule has 0 N–H and O–H groups in total. The van der Waals surface area contributed by atoms with E-state index in [1.165, 1.54) is 12.8 Å². The van der Waals surface area contributed by atoms with Gasteiger partial charge in [-0.15, -0.1) is 0 Å². The maximum absolute atomic E-state index is 4.15. The summed E-state index contributed by atoms with van der Waals surface area (Å²) in [6.45, 7) is 10.9. The molecule has 0 bridgehead atoms. The molecule has 1 nitrogen and oxygen atoms in total. The Labute approximate surface area is 58.0 Å². The van der Waals surface area contributed by atoms with E-state index in [0.29, 0.717) is 5.54 Å². The smallest absolute Gasteiger partial charge is 0.0211 e. The Hall–Kier alpha value is -0.0400. The Bertz CT molecular complexity index is 90.7. The summed E-state index contributed by atoms with van der Waals surface area (Å²) < 4.78 is 0. The van der Waals surface area contributed by atoms with Crippen molar-refractivity contribution in [3.8, 4) is 0 Å². The molecule has 1 heteroatoms. The fraction of sp³-hybridized carbons (Fsp3) is 0.875. The second kappa shape index (κ2) is 2.30. The van der Waals surface area contributed by atoms with E-state index in [1.54, 1.807) is 0 Å². The lowest BCUT2D eigenvalue weighted by molar-refractivity contribution is 0.235. The van der Waals surface area contributed by atoms with Crippen LogP contribution in [0.15, 0.2) is 0 Å². The molecule has 0 spiro atoms. The van der Waals surface area contributed by atoms with Gasteiger partial charge in [0.2, 0.25) is 0 Å². The van der Waals surface area contributed by atoms with E-state index in [4.69, 9.17) is 0 Å². The molecule has 9 heavy (non-hydrogen) atoms. The summed E-state index contributed by atoms with van der Waals surface area (Å²) in [6, 6.07) is 0. The highest BCUT2D eigenvalue weighted by atomic mass is 15.2. The molecule has 0 heterocycles. The van der Waals surface area contributed by atoms with Crippen LogP contribution in [0.3, 0.4) is 0 Å². The van der Waals surface area contributed by atoms with Gasteiger partial charge in [0.1, 0.15) is 0 Å². The van der Waals surface area contributed by atoms with Crippen LogP contribution in [0.1, 0.15) is 26.7 Å². The fourth-order valence-electron chi connectivity index (χ4n) is 1.35. The Morgan fingerprint density at radius 2 is 1.78 bits per heavy atom. The zero-order valence-corrected chi connectivity index (χ0v) is 6.48. The molecule has 0 atom stereocenters. The van der Waals surface area contributed by atoms with Gasteiger partial charge in [-0.2, -0.15) is 0 Å². The van der Waals surface area contributed by atoms with Gasteiger partial charge < -0.3 is 0 Å². The average Bonchev–Trinajstić information content (AvgIpc) is 2.52. The van der Waals surface area contributed by atoms with E-state index in [-0.39, 0.29) is 0 Å². The first kappa shape index (κ1) is 7.07. The molecule has 0 aliphatic heterocycles. The minimum absolute atomic E-state index is 0.351. The van der Waals surface area contributed by atoms with Crippen LogP contribution in [0.2, 0.25) is 0 Å². The van der Waals surface area contributed by atoms with Crippen LogP contribution < -0.4 is 0 Å². The first-order valence-electron chi connectivity index (χ1n) is 3.83. The lowest BCUT2D eigenvalue weighted by Gasteiger charge is -2.25. The molecule has 0 aromatic rings. The molecule has 0 aromatic carbocycles. The van der Waals surface area contributed by atoms with Crippen LogP contribution in [0.25, 0.3) is 0 Å². The second-order valence-electron chi connectivity index (χ2n) is 2.90. The minimum Gasteiger partial charge on any atom is -0.298 e. The van der Waals surface area contributed by atoms with Crippen LogP contribution in [0, 0.1) is 6.92 Å². The van der Waals surface area contributed by atoms with Crippen molar-refractivity contribution < 1.29 is 0 Å². The van der Waals surface area contributed by atoms with Crippen LogP contribution >= 0.6 is 0 Å². The Morgan fingerprint density at radius 1 is 1.33 bits per heavy atom. The maximum atomic E-state index is 4.15. The molecule has 1 saturated carbocycles. The van der Waals surface area contributed by atoms with Crippen molar-refractivity contribution in [3.05, 3.63) is 6.92 Å². The summed E-state index contributed by atoms with van der Waals surface area (Å²) in [5, 5.41) is 0. The number of hydrogen-bond donors (Lipinski definition) is 0. The van der Waals surface area contributed by atoms with E-state index in [2.05, 4.69) is 25.7 Å². The van der Waals surface area contributed by atoms with Gasteiger partial charge in [0.05, 0.1) is 0 Å². The summed E-state index contributed by atoms with van der Waals surface area (Å²) in [5.74, 6) is 0. The first-order chi connectivity index (χ1) is 4.23. The molecule has 0 amide bonds. The predicted molar refractivity (Wildman–Crippen MR) is 40.2 cm³/mol. The molecule has 1 rings (SSSR count). The molecule has 1 aliphatic carbocycles. The molecule has 0 unspecified atom stereocenters. The third-order valence-corrected chi connectivity index (χ3v) is 2.26. The highest BCUT2D eigenvalue weighted by Crippen LogP contribution is 2.39. The molecular weight excluding hydrogens is 110 g/mol. The highest BCUT2D eigenvalue weighted by molar-refractivity contribution is 5.05. The second-order valence-corrected chi connectivity index (χ2v) is 2.90. The highest BCUT2D eigenvalue weighted by Gasteiger charge is 2.41. The number of hydrogen-bond acceptors (Lipinski definition) is 1. The van der Waals surface area contributed by atoms with Crippen molar-refractivity contribution >= 4 is 0 Å². The third-order valence-electron chi connectivity index (χ3n) is 2.26. The normalized spacial score (nSPS) is 22.7. The third kappa shape index (κ3) is 1.26. The molecule has 53 valence electrons. The zero-order valence-electron chi connectivity index (χ0n) is 6.48. The van der Waals surface area contributed by atoms with Gasteiger partial charge in [0.25, 0.3) is 0 Å². The lowest BCUT2D eigenvalue weighted by Crippen LogP contribution is -2.34. The van der Waals surface area contributed by atoms with Gasteiger partial charge in [-0.1, -0.05) is 13.8 Å². The fourth-order valence-corrected chi connectivity index (χ4v) is 1.35. The lowest BCUT2D eigenvalue weighted by atomic mass is 10.2. The van der Waals surface area contributed by atoms with Crippen molar-refractivity contribution in [2.45, 2.75) is 32.2 Å². The summed E-state index contributed by atoms with van der Waals surface area (Å²) in [6.07, 6.45) is 2.60. The predicted octanol–water partition coefficient (Wildman–Crippen LogP) is 1.69. The molecule has 1 fully saturated rings. The van der Waals surface area contributed by atoms with Gasteiger partial charge in [-0.05, 0) is 32.9 Å². The number of rotatable bonds is 3. The average molecular weight is 126 g/mol. The Kier molecular flexibility index (Phi) is 1.80. The van der Waals surface area contributed by atoms with E-state index in [0.717, 1.165) is 13.1 Å². The first-order valence-corrected chi connectivity index (χ1v) is 3.83. The van der Waals surface area contributed by atoms with Crippen molar-refractivity contribution in [1.29, 1.82) is 0 Å². The van der Waals surface area contributed by atoms with E-state index in [1.807, 2.05) is 0 Å². The maximum Gasteiger partial charge on any atom is 0.0211 e. The Morgan fingerprint density at radius 3 is 1.89 bits per heavy atom. The zero-order chi connectivity index (χ0) is 6.91. The van der Waals surface area contributed by atoms with Gasteiger partial charge in [0.15, 0.2) is 0 Å². The van der Waals surface area contributed by atoms with E-state index >= 15 is 0 Å². The van der Waals surface area contributed by atoms with Crippen molar-refractivity contribution in [2.75, 3.05) is 13.1 Å². The van der Waals surface area contributed by atoms with Gasteiger partial charge in [0, 0.05) is 5.54 Å². The summed E-state index contributed by atoms with van der Waals surface area (Å²) >= 11 is 0. The molecule has 1 aliphatic rings. The SMILES string of the molecule is [CH2]C1(N(CC)CC)CC1. The van der Waals surface area contributed by atoms with Crippen LogP contribution in [0.4, 0.5) is 0 Å². The largest absolute Gasteiger partial charge is 0.298 e. The molecule has 0 aromatic heterocycles. The van der Waals surface area contributed by atoms with Crippen molar-refractivity contribution in [1.82, 2.24) is 4.90 Å². The standard InChI is InChI=1S/C8H16N/c1-4-9(5-2)8(3)6-7-8/h3-7H2,1-2H3. The molecule has 0 saturated heterocycles. The Balaban J connectivity index is 2.37. The van der Waals surface area contributed by atoms with E-state index in [9.17, 15) is 0 Å². The monoisotopic (exact) mass is 126 g/mol. The molecular formula is C8H16N. The molecule has 1 radical (unpaired) electrons. The van der Waals surface area contributed by atoms with Crippen LogP contribution in [-0.4, -0.2) is 23.5 Å². The van der Waals surface area contributed by atoms with Crippen LogP contribution in [0.5, 0.6) is 0 Å². The van der Waals surface area contributed by atoms with Crippen molar-refractivity contribution in [3.63, 3.8) is 0 Å². The van der Waals surface area contributed by atoms with Gasteiger partial charge >= 0.3 is 0 Å². The summed E-state index contributed by atoms with van der Waals surface area (Å²) in [7, 11) is 0. The topological polar surface area (TPSA) is 3.24 Å². The number of nitrogens with zero attached hydrogens (tertiary/aromatic N) is 1. The van der Waals surface area contributed by atoms with E-state index < -0.39 is 0 Å². The van der Waals surface area contributed by atoms with Crippen molar-refractivity contribution in [2.24, 2.45) is 0 Å². The summed E-state index contributed by atoms with van der Waals surface area (Å²) in [5.41, 5.74) is 0.351. The van der Waals surface area contributed by atoms with Gasteiger partial charge in [-0.25, -0.2) is 0 Å². The minimum atomic E-state index is 0.351. The van der Waals surface area contributed by atoms with Crippen LogP contribution in [-0.2, 0) is 0 Å². The summed E-state index contributed by atoms with van der Waals surface area (Å²) in [4.78, 5) is 2.44. The quantitative estimate of drug-likeness (QED) is 0.556. The van der Waals surface area contributed by atoms with Gasteiger partial charge in [-0.3, -0.25) is 4.90 Å².